The monoisotopic (exact) mass is 273 g/mol. The molecule has 6 heteroatoms. The molecule has 2 aromatic rings. The molecule has 0 radical (unpaired) electrons. The van der Waals surface area contributed by atoms with Crippen molar-refractivity contribution in [3.63, 3.8) is 0 Å². The molecule has 2 amide bonds. The van der Waals surface area contributed by atoms with Gasteiger partial charge >= 0.3 is 12.0 Å². The third-order valence-electron chi connectivity index (χ3n) is 2.87. The van der Waals surface area contributed by atoms with Gasteiger partial charge in [-0.3, -0.25) is 9.78 Å². The van der Waals surface area contributed by atoms with Gasteiger partial charge in [-0.1, -0.05) is 24.3 Å². The van der Waals surface area contributed by atoms with E-state index in [-0.39, 0.29) is 6.54 Å². The molecule has 1 heterocycles. The van der Waals surface area contributed by atoms with E-state index in [0.717, 1.165) is 16.5 Å². The first-order valence-electron chi connectivity index (χ1n) is 6.17. The highest BCUT2D eigenvalue weighted by Gasteiger charge is 2.13. The topological polar surface area (TPSA) is 91.3 Å². The van der Waals surface area contributed by atoms with Crippen LogP contribution in [-0.4, -0.2) is 28.1 Å². The zero-order chi connectivity index (χ0) is 14.5. The summed E-state index contributed by atoms with van der Waals surface area (Å²) in [5, 5.41) is 14.6. The van der Waals surface area contributed by atoms with Gasteiger partial charge in [0.05, 0.1) is 5.52 Å². The zero-order valence-electron chi connectivity index (χ0n) is 11.0. The van der Waals surface area contributed by atoms with Gasteiger partial charge in [0.1, 0.15) is 6.04 Å². The van der Waals surface area contributed by atoms with E-state index < -0.39 is 18.0 Å². The molecule has 20 heavy (non-hydrogen) atoms. The second kappa shape index (κ2) is 6.01. The Hall–Kier alpha value is -2.63. The van der Waals surface area contributed by atoms with E-state index in [1.807, 2.05) is 30.3 Å². The molecule has 0 fully saturated rings. The standard InChI is InChI=1S/C14H15N3O3/c1-9(13(18)19)17-14(20)16-8-11-5-2-4-10-6-3-7-15-12(10)11/h2-7,9H,8H2,1H3,(H,18,19)(H2,16,17,20)/t9-/m1/s1. The molecule has 0 aliphatic carbocycles. The Labute approximate surface area is 115 Å². The molecule has 0 saturated carbocycles. The molecule has 0 unspecified atom stereocenters. The Morgan fingerprint density at radius 2 is 2.05 bits per heavy atom. The summed E-state index contributed by atoms with van der Waals surface area (Å²) in [6, 6.07) is 8.04. The number of benzene rings is 1. The molecule has 0 aliphatic heterocycles. The number of hydrogen-bond donors (Lipinski definition) is 3. The predicted octanol–water partition coefficient (Wildman–Crippen LogP) is 1.51. The lowest BCUT2D eigenvalue weighted by atomic mass is 10.1. The van der Waals surface area contributed by atoms with Gasteiger partial charge in [0, 0.05) is 18.1 Å². The van der Waals surface area contributed by atoms with Gasteiger partial charge in [-0.15, -0.1) is 0 Å². The summed E-state index contributed by atoms with van der Waals surface area (Å²) in [4.78, 5) is 26.5. The highest BCUT2D eigenvalue weighted by atomic mass is 16.4. The molecular weight excluding hydrogens is 258 g/mol. The molecule has 2 rings (SSSR count). The number of carbonyl (C=O) groups excluding carboxylic acids is 1. The van der Waals surface area contributed by atoms with Crippen molar-refractivity contribution in [2.24, 2.45) is 0 Å². The molecule has 104 valence electrons. The number of aromatic nitrogens is 1. The quantitative estimate of drug-likeness (QED) is 0.787. The lowest BCUT2D eigenvalue weighted by molar-refractivity contribution is -0.138. The van der Waals surface area contributed by atoms with Gasteiger partial charge in [0.25, 0.3) is 0 Å². The van der Waals surface area contributed by atoms with Gasteiger partial charge in [0.2, 0.25) is 0 Å². The maximum Gasteiger partial charge on any atom is 0.325 e. The van der Waals surface area contributed by atoms with Crippen molar-refractivity contribution in [3.8, 4) is 0 Å². The van der Waals surface area contributed by atoms with Crippen LogP contribution in [0.3, 0.4) is 0 Å². The number of urea groups is 1. The minimum absolute atomic E-state index is 0.284. The van der Waals surface area contributed by atoms with Crippen LogP contribution < -0.4 is 10.6 Å². The fraction of sp³-hybridized carbons (Fsp3) is 0.214. The average molecular weight is 273 g/mol. The Bertz CT molecular complexity index is 637. The van der Waals surface area contributed by atoms with Crippen LogP contribution in [0.1, 0.15) is 12.5 Å². The second-order valence-corrected chi connectivity index (χ2v) is 4.38. The van der Waals surface area contributed by atoms with Crippen LogP contribution >= 0.6 is 0 Å². The molecule has 0 spiro atoms. The van der Waals surface area contributed by atoms with Crippen LogP contribution in [0.4, 0.5) is 4.79 Å². The van der Waals surface area contributed by atoms with Crippen LogP contribution in [0.15, 0.2) is 36.5 Å². The summed E-state index contributed by atoms with van der Waals surface area (Å²) in [7, 11) is 0. The van der Waals surface area contributed by atoms with Crippen LogP contribution in [-0.2, 0) is 11.3 Å². The number of nitrogens with one attached hydrogen (secondary N) is 2. The van der Waals surface area contributed by atoms with Crippen molar-refractivity contribution in [1.82, 2.24) is 15.6 Å². The summed E-state index contributed by atoms with van der Waals surface area (Å²) in [5.41, 5.74) is 1.70. The Balaban J connectivity index is 2.03. The SMILES string of the molecule is C[C@@H](NC(=O)NCc1cccc2cccnc12)C(=O)O. The highest BCUT2D eigenvalue weighted by molar-refractivity contribution is 5.84. The number of carbonyl (C=O) groups is 2. The van der Waals surface area contributed by atoms with Gasteiger partial charge in [0.15, 0.2) is 0 Å². The maximum absolute atomic E-state index is 11.6. The summed E-state index contributed by atoms with van der Waals surface area (Å²) in [6.07, 6.45) is 1.69. The molecule has 0 saturated heterocycles. The van der Waals surface area contributed by atoms with E-state index >= 15 is 0 Å². The fourth-order valence-corrected chi connectivity index (χ4v) is 1.79. The van der Waals surface area contributed by atoms with Crippen molar-refractivity contribution < 1.29 is 14.7 Å². The number of pyridine rings is 1. The number of rotatable bonds is 4. The van der Waals surface area contributed by atoms with E-state index in [9.17, 15) is 9.59 Å². The first-order chi connectivity index (χ1) is 9.58. The molecule has 0 aliphatic rings. The van der Waals surface area contributed by atoms with Crippen LogP contribution in [0.2, 0.25) is 0 Å². The number of para-hydroxylation sites is 1. The number of carboxylic acid groups (broad SMARTS) is 1. The molecular formula is C14H15N3O3. The van der Waals surface area contributed by atoms with E-state index in [0.29, 0.717) is 0 Å². The Kier molecular flexibility index (Phi) is 4.14. The fourth-order valence-electron chi connectivity index (χ4n) is 1.79. The van der Waals surface area contributed by atoms with Gasteiger partial charge < -0.3 is 15.7 Å². The van der Waals surface area contributed by atoms with Crippen molar-refractivity contribution in [2.45, 2.75) is 19.5 Å². The normalized spacial score (nSPS) is 11.8. The molecule has 0 bridgehead atoms. The summed E-state index contributed by atoms with van der Waals surface area (Å²) >= 11 is 0. The highest BCUT2D eigenvalue weighted by Crippen LogP contribution is 2.15. The van der Waals surface area contributed by atoms with E-state index in [1.54, 1.807) is 6.20 Å². The van der Waals surface area contributed by atoms with E-state index in [4.69, 9.17) is 5.11 Å². The molecule has 6 nitrogen and oxygen atoms in total. The number of aliphatic carboxylic acids is 1. The molecule has 1 atom stereocenters. The van der Waals surface area contributed by atoms with Crippen LogP contribution in [0, 0.1) is 0 Å². The Morgan fingerprint density at radius 1 is 1.30 bits per heavy atom. The third-order valence-corrected chi connectivity index (χ3v) is 2.87. The third kappa shape index (κ3) is 3.23. The van der Waals surface area contributed by atoms with Crippen molar-refractivity contribution in [1.29, 1.82) is 0 Å². The first kappa shape index (κ1) is 13.8. The first-order valence-corrected chi connectivity index (χ1v) is 6.17. The minimum atomic E-state index is -1.08. The molecule has 1 aromatic heterocycles. The number of nitrogens with zero attached hydrogens (tertiary/aromatic N) is 1. The van der Waals surface area contributed by atoms with Crippen molar-refractivity contribution in [3.05, 3.63) is 42.1 Å². The van der Waals surface area contributed by atoms with Gasteiger partial charge in [-0.25, -0.2) is 4.79 Å². The number of amides is 2. The lowest BCUT2D eigenvalue weighted by Gasteiger charge is -2.11. The van der Waals surface area contributed by atoms with Crippen LogP contribution in [0.5, 0.6) is 0 Å². The van der Waals surface area contributed by atoms with Crippen molar-refractivity contribution in [2.75, 3.05) is 0 Å². The predicted molar refractivity (Wildman–Crippen MR) is 74.2 cm³/mol. The van der Waals surface area contributed by atoms with Gasteiger partial charge in [-0.2, -0.15) is 0 Å². The summed E-state index contributed by atoms with van der Waals surface area (Å²) in [5.74, 6) is -1.08. The van der Waals surface area contributed by atoms with Crippen LogP contribution in [0.25, 0.3) is 10.9 Å². The minimum Gasteiger partial charge on any atom is -0.480 e. The number of fused-ring (bicyclic) bond motifs is 1. The Morgan fingerprint density at radius 3 is 2.80 bits per heavy atom. The van der Waals surface area contributed by atoms with E-state index in [1.165, 1.54) is 6.92 Å². The average Bonchev–Trinajstić information content (AvgIpc) is 2.44. The number of carboxylic acids is 1. The molecule has 1 aromatic carbocycles. The lowest BCUT2D eigenvalue weighted by Crippen LogP contribution is -2.44. The smallest absolute Gasteiger partial charge is 0.325 e. The summed E-state index contributed by atoms with van der Waals surface area (Å²) in [6.45, 7) is 1.69. The van der Waals surface area contributed by atoms with Crippen molar-refractivity contribution >= 4 is 22.9 Å². The number of hydrogen-bond acceptors (Lipinski definition) is 3. The largest absolute Gasteiger partial charge is 0.480 e. The molecule has 3 N–H and O–H groups in total. The summed E-state index contributed by atoms with van der Waals surface area (Å²) < 4.78 is 0. The van der Waals surface area contributed by atoms with Gasteiger partial charge in [-0.05, 0) is 18.6 Å². The maximum atomic E-state index is 11.6. The van der Waals surface area contributed by atoms with E-state index in [2.05, 4.69) is 15.6 Å². The zero-order valence-corrected chi connectivity index (χ0v) is 11.0. The second-order valence-electron chi connectivity index (χ2n) is 4.38.